The topological polar surface area (TPSA) is 45.2 Å². The van der Waals surface area contributed by atoms with Crippen LogP contribution in [0.5, 0.6) is 0 Å². The lowest BCUT2D eigenvalue weighted by Crippen LogP contribution is -2.20. The molecule has 2 aromatic rings. The Hall–Kier alpha value is -1.49. The third-order valence-electron chi connectivity index (χ3n) is 2.77. The normalized spacial score (nSPS) is 14.9. The second-order valence-electron chi connectivity index (χ2n) is 5.44. The SMILES string of the molecule is CC(=NS(=O)C(C)(C)C)c1cc(F)c2[nH]ccc2c1. The minimum atomic E-state index is -1.34. The zero-order valence-electron chi connectivity index (χ0n) is 11.5. The van der Waals surface area contributed by atoms with E-state index >= 15 is 0 Å². The molecule has 1 atom stereocenters. The highest BCUT2D eigenvalue weighted by molar-refractivity contribution is 7.85. The number of H-pyrrole nitrogens is 1. The van der Waals surface area contributed by atoms with Crippen LogP contribution in [0.25, 0.3) is 10.9 Å². The summed E-state index contributed by atoms with van der Waals surface area (Å²) in [5, 5.41) is 0.783. The van der Waals surface area contributed by atoms with Gasteiger partial charge in [-0.3, -0.25) is 0 Å². The summed E-state index contributed by atoms with van der Waals surface area (Å²) in [6.07, 6.45) is 1.69. The molecule has 0 bridgehead atoms. The first-order valence-electron chi connectivity index (χ1n) is 6.03. The van der Waals surface area contributed by atoms with Crippen molar-refractivity contribution in [3.05, 3.63) is 35.8 Å². The average Bonchev–Trinajstić information content (AvgIpc) is 2.76. The molecule has 1 unspecified atom stereocenters. The second kappa shape index (κ2) is 4.89. The monoisotopic (exact) mass is 280 g/mol. The van der Waals surface area contributed by atoms with Gasteiger partial charge in [-0.25, -0.2) is 8.60 Å². The maximum absolute atomic E-state index is 13.8. The van der Waals surface area contributed by atoms with E-state index in [1.54, 1.807) is 19.2 Å². The van der Waals surface area contributed by atoms with Crippen LogP contribution in [0, 0.1) is 5.82 Å². The fourth-order valence-corrected chi connectivity index (χ4v) is 2.28. The molecule has 0 amide bonds. The molecule has 0 spiro atoms. The molecule has 2 rings (SSSR count). The van der Waals surface area contributed by atoms with Crippen molar-refractivity contribution in [1.82, 2.24) is 4.98 Å². The Kier molecular flexibility index (Phi) is 3.58. The molecule has 0 saturated carbocycles. The van der Waals surface area contributed by atoms with Gasteiger partial charge in [-0.2, -0.15) is 4.40 Å². The van der Waals surface area contributed by atoms with E-state index in [0.29, 0.717) is 16.8 Å². The number of rotatable bonds is 2. The lowest BCUT2D eigenvalue weighted by atomic mass is 10.1. The second-order valence-corrected chi connectivity index (χ2v) is 7.34. The van der Waals surface area contributed by atoms with Crippen LogP contribution in [-0.2, 0) is 11.0 Å². The molecule has 0 radical (unpaired) electrons. The van der Waals surface area contributed by atoms with E-state index in [0.717, 1.165) is 5.39 Å². The molecule has 0 aliphatic rings. The van der Waals surface area contributed by atoms with Crippen molar-refractivity contribution < 1.29 is 8.60 Å². The quantitative estimate of drug-likeness (QED) is 0.840. The molecule has 19 heavy (non-hydrogen) atoms. The molecular formula is C14H17FN2OS. The van der Waals surface area contributed by atoms with E-state index in [2.05, 4.69) is 9.38 Å². The van der Waals surface area contributed by atoms with Gasteiger partial charge in [0.15, 0.2) is 0 Å². The Morgan fingerprint density at radius 1 is 1.37 bits per heavy atom. The summed E-state index contributed by atoms with van der Waals surface area (Å²) in [5.74, 6) is -0.325. The first-order valence-corrected chi connectivity index (χ1v) is 7.14. The molecule has 3 nitrogen and oxygen atoms in total. The fourth-order valence-electron chi connectivity index (χ4n) is 1.65. The zero-order valence-corrected chi connectivity index (χ0v) is 12.3. The maximum Gasteiger partial charge on any atom is 0.147 e. The Morgan fingerprint density at radius 2 is 2.05 bits per heavy atom. The van der Waals surface area contributed by atoms with E-state index in [9.17, 15) is 8.60 Å². The summed E-state index contributed by atoms with van der Waals surface area (Å²) in [7, 11) is -1.34. The minimum Gasteiger partial charge on any atom is -0.359 e. The van der Waals surface area contributed by atoms with Crippen molar-refractivity contribution >= 4 is 27.6 Å². The maximum atomic E-state index is 13.8. The standard InChI is InChI=1S/C14H17FN2OS/c1-9(17-19(18)14(2,3)4)11-7-10-5-6-16-13(10)12(15)8-11/h5-8,16H,1-4H3. The Labute approximate surface area is 114 Å². The number of hydrogen-bond donors (Lipinski definition) is 1. The van der Waals surface area contributed by atoms with E-state index in [1.807, 2.05) is 26.8 Å². The highest BCUT2D eigenvalue weighted by Crippen LogP contribution is 2.20. The molecule has 102 valence electrons. The highest BCUT2D eigenvalue weighted by Gasteiger charge is 2.19. The Morgan fingerprint density at radius 3 is 2.68 bits per heavy atom. The summed E-state index contributed by atoms with van der Waals surface area (Å²) in [5.41, 5.74) is 1.71. The van der Waals surface area contributed by atoms with Gasteiger partial charge in [-0.1, -0.05) is 0 Å². The summed E-state index contributed by atoms with van der Waals surface area (Å²) < 4.78 is 29.6. The van der Waals surface area contributed by atoms with Crippen LogP contribution in [-0.4, -0.2) is 19.7 Å². The predicted octanol–water partition coefficient (Wildman–Crippen LogP) is 3.58. The molecule has 5 heteroatoms. The van der Waals surface area contributed by atoms with Crippen molar-refractivity contribution in [3.8, 4) is 0 Å². The van der Waals surface area contributed by atoms with Gasteiger partial charge < -0.3 is 4.98 Å². The van der Waals surface area contributed by atoms with Crippen molar-refractivity contribution in [1.29, 1.82) is 0 Å². The first kappa shape index (κ1) is 13.9. The molecule has 1 heterocycles. The first-order chi connectivity index (χ1) is 8.79. The van der Waals surface area contributed by atoms with Gasteiger partial charge in [-0.15, -0.1) is 0 Å². The number of aromatic nitrogens is 1. The highest BCUT2D eigenvalue weighted by atomic mass is 32.2. The molecule has 1 N–H and O–H groups in total. The number of benzene rings is 1. The zero-order chi connectivity index (χ0) is 14.2. The van der Waals surface area contributed by atoms with E-state index < -0.39 is 15.7 Å². The minimum absolute atomic E-state index is 0.325. The number of nitrogens with zero attached hydrogens (tertiary/aromatic N) is 1. The summed E-state index contributed by atoms with van der Waals surface area (Å²) in [6.45, 7) is 7.32. The van der Waals surface area contributed by atoms with Crippen LogP contribution in [0.2, 0.25) is 0 Å². The lowest BCUT2D eigenvalue weighted by Gasteiger charge is -2.14. The number of halogens is 1. The largest absolute Gasteiger partial charge is 0.359 e. The summed E-state index contributed by atoms with van der Waals surface area (Å²) in [6, 6.07) is 5.06. The molecule has 1 aromatic carbocycles. The van der Waals surface area contributed by atoms with E-state index in [4.69, 9.17) is 0 Å². The van der Waals surface area contributed by atoms with Crippen molar-refractivity contribution in [2.24, 2.45) is 4.40 Å². The van der Waals surface area contributed by atoms with Crippen LogP contribution in [0.1, 0.15) is 33.3 Å². The van der Waals surface area contributed by atoms with Crippen molar-refractivity contribution in [2.45, 2.75) is 32.4 Å². The number of fused-ring (bicyclic) bond motifs is 1. The van der Waals surface area contributed by atoms with Gasteiger partial charge in [0.2, 0.25) is 0 Å². The van der Waals surface area contributed by atoms with Crippen LogP contribution in [0.4, 0.5) is 4.39 Å². The van der Waals surface area contributed by atoms with Crippen LogP contribution >= 0.6 is 0 Å². The third-order valence-corrected chi connectivity index (χ3v) is 4.26. The van der Waals surface area contributed by atoms with Gasteiger partial charge in [-0.05, 0) is 45.9 Å². The lowest BCUT2D eigenvalue weighted by molar-refractivity contribution is 0.637. The summed E-state index contributed by atoms with van der Waals surface area (Å²) in [4.78, 5) is 2.84. The van der Waals surface area contributed by atoms with E-state index in [-0.39, 0.29) is 5.82 Å². The van der Waals surface area contributed by atoms with Gasteiger partial charge in [0.1, 0.15) is 16.8 Å². The van der Waals surface area contributed by atoms with Crippen LogP contribution in [0.3, 0.4) is 0 Å². The number of aromatic amines is 1. The fraction of sp³-hybridized carbons (Fsp3) is 0.357. The van der Waals surface area contributed by atoms with Crippen LogP contribution < -0.4 is 0 Å². The average molecular weight is 280 g/mol. The Bertz CT molecular complexity index is 668. The summed E-state index contributed by atoms with van der Waals surface area (Å²) >= 11 is 0. The third kappa shape index (κ3) is 2.92. The molecule has 0 aliphatic carbocycles. The van der Waals surface area contributed by atoms with Gasteiger partial charge in [0.05, 0.1) is 16.0 Å². The van der Waals surface area contributed by atoms with Crippen LogP contribution in [0.15, 0.2) is 28.8 Å². The molecule has 0 fully saturated rings. The van der Waals surface area contributed by atoms with Gasteiger partial charge >= 0.3 is 0 Å². The smallest absolute Gasteiger partial charge is 0.147 e. The number of hydrogen-bond acceptors (Lipinski definition) is 1. The van der Waals surface area contributed by atoms with Gasteiger partial charge in [0, 0.05) is 17.1 Å². The molecule has 0 saturated heterocycles. The van der Waals surface area contributed by atoms with Crippen molar-refractivity contribution in [2.75, 3.05) is 0 Å². The predicted molar refractivity (Wildman–Crippen MR) is 78.4 cm³/mol. The number of nitrogens with one attached hydrogen (secondary N) is 1. The van der Waals surface area contributed by atoms with E-state index in [1.165, 1.54) is 6.07 Å². The molecule has 1 aromatic heterocycles. The molecule has 0 aliphatic heterocycles. The Balaban J connectivity index is 2.44. The van der Waals surface area contributed by atoms with Crippen molar-refractivity contribution in [3.63, 3.8) is 0 Å². The molecular weight excluding hydrogens is 263 g/mol. The van der Waals surface area contributed by atoms with Gasteiger partial charge in [0.25, 0.3) is 0 Å².